The highest BCUT2D eigenvalue weighted by Crippen LogP contribution is 2.28. The molecule has 0 amide bonds. The second kappa shape index (κ2) is 4.53. The zero-order valence-electron chi connectivity index (χ0n) is 11.1. The van der Waals surface area contributed by atoms with Gasteiger partial charge in [-0.15, -0.1) is 0 Å². The normalized spacial score (nSPS) is 12.9. The minimum absolute atomic E-state index is 0.176. The van der Waals surface area contributed by atoms with Crippen LogP contribution < -0.4 is 5.56 Å². The maximum Gasteiger partial charge on any atom is 0.265 e. The summed E-state index contributed by atoms with van der Waals surface area (Å²) < 4.78 is 5.83. The van der Waals surface area contributed by atoms with E-state index < -0.39 is 5.60 Å². The van der Waals surface area contributed by atoms with E-state index in [0.29, 0.717) is 10.3 Å². The summed E-state index contributed by atoms with van der Waals surface area (Å²) in [5, 5.41) is 0. The minimum atomic E-state index is -0.611. The Morgan fingerprint density at radius 3 is 2.18 bits per heavy atom. The Kier molecular flexibility index (Phi) is 3.84. The molecular formula is C12H19BrN2O2. The predicted molar refractivity (Wildman–Crippen MR) is 71.3 cm³/mol. The molecule has 0 bridgehead atoms. The number of aromatic nitrogens is 2. The number of aromatic amines is 1. The van der Waals surface area contributed by atoms with E-state index in [0.717, 1.165) is 5.69 Å². The Bertz CT molecular complexity index is 472. The lowest BCUT2D eigenvalue weighted by Gasteiger charge is -2.25. The molecule has 0 fully saturated rings. The molecular weight excluding hydrogens is 284 g/mol. The van der Waals surface area contributed by atoms with Crippen LogP contribution >= 0.6 is 15.9 Å². The van der Waals surface area contributed by atoms with Gasteiger partial charge in [-0.2, -0.15) is 0 Å². The van der Waals surface area contributed by atoms with Crippen LogP contribution in [0.5, 0.6) is 0 Å². The number of ether oxygens (including phenoxy) is 1. The van der Waals surface area contributed by atoms with Crippen LogP contribution in [0.3, 0.4) is 0 Å². The van der Waals surface area contributed by atoms with Crippen molar-refractivity contribution in [1.29, 1.82) is 0 Å². The van der Waals surface area contributed by atoms with Gasteiger partial charge in [-0.3, -0.25) is 4.79 Å². The maximum atomic E-state index is 11.9. The fraction of sp³-hybridized carbons (Fsp3) is 0.667. The van der Waals surface area contributed by atoms with E-state index in [1.807, 2.05) is 34.6 Å². The molecule has 0 aliphatic rings. The Morgan fingerprint density at radius 1 is 1.24 bits per heavy atom. The maximum absolute atomic E-state index is 11.9. The molecule has 1 aromatic heterocycles. The van der Waals surface area contributed by atoms with E-state index in [-0.39, 0.29) is 11.0 Å². The van der Waals surface area contributed by atoms with Crippen LogP contribution in [0.2, 0.25) is 0 Å². The van der Waals surface area contributed by atoms with Gasteiger partial charge in [0, 0.05) is 12.5 Å². The molecule has 4 nitrogen and oxygen atoms in total. The second-order valence-electron chi connectivity index (χ2n) is 5.54. The van der Waals surface area contributed by atoms with Crippen LogP contribution in [0.25, 0.3) is 0 Å². The number of nitrogens with one attached hydrogen (secondary N) is 1. The molecule has 0 radical (unpaired) electrons. The van der Waals surface area contributed by atoms with Gasteiger partial charge in [-0.05, 0) is 29.8 Å². The third kappa shape index (κ3) is 2.96. The average molecular weight is 303 g/mol. The molecule has 1 heterocycles. The van der Waals surface area contributed by atoms with Crippen molar-refractivity contribution in [2.45, 2.75) is 45.6 Å². The Morgan fingerprint density at radius 2 is 1.76 bits per heavy atom. The van der Waals surface area contributed by atoms with Gasteiger partial charge in [-0.25, -0.2) is 4.98 Å². The van der Waals surface area contributed by atoms with Crippen LogP contribution in [-0.4, -0.2) is 17.1 Å². The predicted octanol–water partition coefficient (Wildman–Crippen LogP) is 2.71. The number of nitrogens with zero attached hydrogens (tertiary/aromatic N) is 1. The zero-order chi connectivity index (χ0) is 13.4. The van der Waals surface area contributed by atoms with Gasteiger partial charge >= 0.3 is 0 Å². The molecule has 0 spiro atoms. The summed E-state index contributed by atoms with van der Waals surface area (Å²) in [5.74, 6) is 0.540. The fourth-order valence-electron chi connectivity index (χ4n) is 1.34. The topological polar surface area (TPSA) is 55.0 Å². The number of rotatable bonds is 2. The molecule has 1 N–H and O–H groups in total. The molecule has 1 rings (SSSR count). The summed E-state index contributed by atoms with van der Waals surface area (Å²) in [6.45, 7) is 9.78. The third-order valence-electron chi connectivity index (χ3n) is 2.65. The van der Waals surface area contributed by atoms with Crippen molar-refractivity contribution >= 4 is 15.9 Å². The molecule has 0 atom stereocenters. The van der Waals surface area contributed by atoms with Crippen LogP contribution in [-0.2, 0) is 15.8 Å². The zero-order valence-corrected chi connectivity index (χ0v) is 12.7. The van der Waals surface area contributed by atoms with Crippen LogP contribution in [0.1, 0.15) is 46.1 Å². The van der Waals surface area contributed by atoms with E-state index in [4.69, 9.17) is 4.74 Å². The van der Waals surface area contributed by atoms with Gasteiger partial charge < -0.3 is 9.72 Å². The molecule has 5 heteroatoms. The van der Waals surface area contributed by atoms with Gasteiger partial charge in [0.15, 0.2) is 0 Å². The molecule has 0 aromatic carbocycles. The molecule has 96 valence electrons. The molecule has 0 saturated heterocycles. The highest BCUT2D eigenvalue weighted by molar-refractivity contribution is 9.10. The van der Waals surface area contributed by atoms with E-state index in [1.54, 1.807) is 7.11 Å². The Labute approximate surface area is 110 Å². The number of hydrogen-bond acceptors (Lipinski definition) is 3. The lowest BCUT2D eigenvalue weighted by atomic mass is 9.91. The number of halogens is 1. The number of hydrogen-bond donors (Lipinski definition) is 1. The van der Waals surface area contributed by atoms with E-state index in [2.05, 4.69) is 25.9 Å². The highest BCUT2D eigenvalue weighted by Gasteiger charge is 2.28. The first-order chi connectivity index (χ1) is 7.59. The van der Waals surface area contributed by atoms with Crippen molar-refractivity contribution in [2.75, 3.05) is 7.11 Å². The average Bonchev–Trinajstić information content (AvgIpc) is 2.19. The van der Waals surface area contributed by atoms with Crippen molar-refractivity contribution in [3.8, 4) is 0 Å². The largest absolute Gasteiger partial charge is 0.371 e. The molecule has 1 aromatic rings. The first-order valence-electron chi connectivity index (χ1n) is 5.45. The minimum Gasteiger partial charge on any atom is -0.371 e. The van der Waals surface area contributed by atoms with Gasteiger partial charge in [0.05, 0.1) is 5.69 Å². The summed E-state index contributed by atoms with van der Waals surface area (Å²) in [4.78, 5) is 19.1. The number of H-pyrrole nitrogens is 1. The van der Waals surface area contributed by atoms with Gasteiger partial charge in [-0.1, -0.05) is 20.8 Å². The summed E-state index contributed by atoms with van der Waals surface area (Å²) in [7, 11) is 1.60. The number of methoxy groups -OCH3 is 1. The Hall–Kier alpha value is -0.680. The summed E-state index contributed by atoms with van der Waals surface area (Å²) in [6, 6.07) is 0. The van der Waals surface area contributed by atoms with Crippen LogP contribution in [0.4, 0.5) is 0 Å². The molecule has 0 unspecified atom stereocenters. The van der Waals surface area contributed by atoms with Crippen molar-refractivity contribution < 1.29 is 4.74 Å². The van der Waals surface area contributed by atoms with Gasteiger partial charge in [0.25, 0.3) is 5.56 Å². The van der Waals surface area contributed by atoms with Crippen molar-refractivity contribution in [1.82, 2.24) is 9.97 Å². The van der Waals surface area contributed by atoms with Gasteiger partial charge in [0.1, 0.15) is 15.9 Å². The quantitative estimate of drug-likeness (QED) is 0.914. The summed E-state index contributed by atoms with van der Waals surface area (Å²) in [6.07, 6.45) is 0. The van der Waals surface area contributed by atoms with E-state index in [9.17, 15) is 4.79 Å². The third-order valence-corrected chi connectivity index (χ3v) is 3.39. The smallest absolute Gasteiger partial charge is 0.265 e. The first kappa shape index (κ1) is 14.4. The molecule has 17 heavy (non-hydrogen) atoms. The van der Waals surface area contributed by atoms with Crippen molar-refractivity contribution in [2.24, 2.45) is 0 Å². The second-order valence-corrected chi connectivity index (χ2v) is 6.33. The van der Waals surface area contributed by atoms with Gasteiger partial charge in [0.2, 0.25) is 0 Å². The van der Waals surface area contributed by atoms with Crippen LogP contribution in [0, 0.1) is 0 Å². The van der Waals surface area contributed by atoms with Crippen LogP contribution in [0.15, 0.2) is 9.27 Å². The fourth-order valence-corrected chi connectivity index (χ4v) is 2.12. The Balaban J connectivity index is 3.51. The molecule has 0 saturated carbocycles. The standard InChI is InChI=1S/C12H19BrN2O2/c1-11(2,3)8-7(13)9(16)15-10(14-8)12(4,5)17-6/h1-6H3,(H,14,15,16). The first-order valence-corrected chi connectivity index (χ1v) is 6.25. The SMILES string of the molecule is COC(C)(C)c1nc(C(C)(C)C)c(Br)c(=O)[nH]1. The molecule has 0 aliphatic carbocycles. The van der Waals surface area contributed by atoms with Crippen molar-refractivity contribution in [3.05, 3.63) is 26.3 Å². The molecule has 0 aliphatic heterocycles. The monoisotopic (exact) mass is 302 g/mol. The van der Waals surface area contributed by atoms with Crippen molar-refractivity contribution in [3.63, 3.8) is 0 Å². The van der Waals surface area contributed by atoms with E-state index >= 15 is 0 Å². The highest BCUT2D eigenvalue weighted by atomic mass is 79.9. The summed E-state index contributed by atoms with van der Waals surface area (Å²) in [5.41, 5.74) is -0.252. The lowest BCUT2D eigenvalue weighted by molar-refractivity contribution is 0.0109. The summed E-state index contributed by atoms with van der Waals surface area (Å²) >= 11 is 3.29. The van der Waals surface area contributed by atoms with E-state index in [1.165, 1.54) is 0 Å². The lowest BCUT2D eigenvalue weighted by Crippen LogP contribution is -2.30.